The number of rotatable bonds is 6. The van der Waals surface area contributed by atoms with E-state index in [0.29, 0.717) is 25.7 Å². The summed E-state index contributed by atoms with van der Waals surface area (Å²) in [7, 11) is -4.46. The molecule has 12 atom stereocenters. The van der Waals surface area contributed by atoms with Crippen molar-refractivity contribution in [3.63, 3.8) is 0 Å². The van der Waals surface area contributed by atoms with Crippen LogP contribution < -0.4 is 0 Å². The van der Waals surface area contributed by atoms with Gasteiger partial charge in [0, 0.05) is 11.8 Å². The van der Waals surface area contributed by atoms with Gasteiger partial charge in [0.1, 0.15) is 0 Å². The first-order valence-corrected chi connectivity index (χ1v) is 14.6. The fourth-order valence-electron chi connectivity index (χ4n) is 8.94. The van der Waals surface area contributed by atoms with E-state index in [2.05, 4.69) is 31.0 Å². The maximum absolute atomic E-state index is 11.6. The largest absolute Gasteiger partial charge is 0.397 e. The fourth-order valence-corrected chi connectivity index (χ4v) is 9.32. The number of hydrogen-bond donors (Lipinski definition) is 5. The maximum Gasteiger partial charge on any atom is 0.397 e. The van der Waals surface area contributed by atoms with Gasteiger partial charge in [-0.2, -0.15) is 8.42 Å². The van der Waals surface area contributed by atoms with Crippen LogP contribution in [0.4, 0.5) is 0 Å². The Morgan fingerprint density at radius 1 is 1.06 bits per heavy atom. The van der Waals surface area contributed by atoms with Crippen molar-refractivity contribution in [1.82, 2.24) is 0 Å². The summed E-state index contributed by atoms with van der Waals surface area (Å²) in [5.41, 5.74) is -1.89. The molecule has 0 aromatic heterocycles. The monoisotopic (exact) mass is 516 g/mol. The minimum Gasteiger partial charge on any atom is -0.393 e. The molecule has 5 unspecified atom stereocenters. The molecule has 4 fully saturated rings. The van der Waals surface area contributed by atoms with Gasteiger partial charge in [-0.3, -0.25) is 4.55 Å². The molecular weight excluding hydrogens is 472 g/mol. The number of hydrogen-bond acceptors (Lipinski definition) is 7. The first-order chi connectivity index (χ1) is 16.1. The Morgan fingerprint density at radius 2 is 1.74 bits per heavy atom. The van der Waals surface area contributed by atoms with Gasteiger partial charge in [-0.05, 0) is 79.4 Å². The van der Waals surface area contributed by atoms with E-state index in [9.17, 15) is 28.8 Å². The highest BCUT2D eigenvalue weighted by Gasteiger charge is 2.68. The first-order valence-electron chi connectivity index (χ1n) is 13.2. The van der Waals surface area contributed by atoms with E-state index in [4.69, 9.17) is 4.55 Å². The third-order valence-electron chi connectivity index (χ3n) is 10.7. The molecule has 35 heavy (non-hydrogen) atoms. The lowest BCUT2D eigenvalue weighted by Crippen LogP contribution is -2.69. The zero-order valence-electron chi connectivity index (χ0n) is 21.4. The van der Waals surface area contributed by atoms with E-state index in [-0.39, 0.29) is 54.0 Å². The van der Waals surface area contributed by atoms with E-state index in [0.717, 1.165) is 12.8 Å². The maximum atomic E-state index is 11.6. The molecule has 202 valence electrons. The second kappa shape index (κ2) is 9.33. The number of fused-ring (bicyclic) bond motifs is 5. The zero-order valence-corrected chi connectivity index (χ0v) is 22.2. The third-order valence-corrected chi connectivity index (χ3v) is 11.2. The molecule has 4 aliphatic carbocycles. The summed E-state index contributed by atoms with van der Waals surface area (Å²) in [4.78, 5) is 0. The average molecular weight is 517 g/mol. The van der Waals surface area contributed by atoms with E-state index >= 15 is 0 Å². The molecule has 0 bridgehead atoms. The van der Waals surface area contributed by atoms with Gasteiger partial charge in [0.05, 0.1) is 30.5 Å². The van der Waals surface area contributed by atoms with Crippen LogP contribution in [0.3, 0.4) is 0 Å². The Hall–Kier alpha value is -0.550. The molecule has 0 spiro atoms. The quantitative estimate of drug-likeness (QED) is 0.268. The van der Waals surface area contributed by atoms with Gasteiger partial charge in [0.2, 0.25) is 0 Å². The van der Waals surface area contributed by atoms with Crippen molar-refractivity contribution >= 4 is 10.4 Å². The number of aliphatic hydroxyl groups excluding tert-OH is 3. The van der Waals surface area contributed by atoms with Crippen LogP contribution >= 0.6 is 0 Å². The summed E-state index contributed by atoms with van der Waals surface area (Å²) in [6.45, 7) is 8.17. The van der Waals surface area contributed by atoms with E-state index < -0.39 is 39.7 Å². The Morgan fingerprint density at radius 3 is 2.40 bits per heavy atom. The SMILES string of the molecule is CC(/C=C/[C@@H](C)[C@H]1CC(O)C2C3C[C@@H](O)[C@@]4(O)C[C@@H](O)CC[C@]4(C)C3CC[C@@]21C)COS(=O)(=O)O. The summed E-state index contributed by atoms with van der Waals surface area (Å²) in [5, 5.41) is 44.4. The molecule has 0 aromatic carbocycles. The van der Waals surface area contributed by atoms with E-state index in [1.54, 1.807) is 0 Å². The molecule has 0 radical (unpaired) electrons. The molecule has 4 aliphatic rings. The van der Waals surface area contributed by atoms with Gasteiger partial charge in [-0.1, -0.05) is 39.8 Å². The fraction of sp³-hybridized carbons (Fsp3) is 0.923. The van der Waals surface area contributed by atoms with Crippen molar-refractivity contribution in [2.24, 2.45) is 46.3 Å². The van der Waals surface area contributed by atoms with Crippen LogP contribution in [-0.4, -0.2) is 63.9 Å². The van der Waals surface area contributed by atoms with Crippen LogP contribution in [0.2, 0.25) is 0 Å². The highest BCUT2D eigenvalue weighted by molar-refractivity contribution is 7.80. The summed E-state index contributed by atoms with van der Waals surface area (Å²) < 4.78 is 35.0. The summed E-state index contributed by atoms with van der Waals surface area (Å²) >= 11 is 0. The molecule has 9 heteroatoms. The first kappa shape index (κ1) is 27.5. The molecule has 5 N–H and O–H groups in total. The summed E-state index contributed by atoms with van der Waals surface area (Å²) in [6, 6.07) is 0. The smallest absolute Gasteiger partial charge is 0.393 e. The van der Waals surface area contributed by atoms with Crippen LogP contribution in [0, 0.1) is 46.3 Å². The second-order valence-corrected chi connectivity index (χ2v) is 13.8. The van der Waals surface area contributed by atoms with Crippen molar-refractivity contribution in [3.05, 3.63) is 12.2 Å². The predicted octanol–water partition coefficient (Wildman–Crippen LogP) is 2.71. The van der Waals surface area contributed by atoms with Crippen molar-refractivity contribution in [1.29, 1.82) is 0 Å². The molecule has 0 saturated heterocycles. The Kier molecular flexibility index (Phi) is 7.32. The van der Waals surface area contributed by atoms with Gasteiger partial charge in [0.25, 0.3) is 0 Å². The topological polar surface area (TPSA) is 145 Å². The van der Waals surface area contributed by atoms with Crippen molar-refractivity contribution < 1.29 is 37.6 Å². The molecule has 0 aromatic rings. The lowest BCUT2D eigenvalue weighted by molar-refractivity contribution is -0.268. The van der Waals surface area contributed by atoms with Crippen LogP contribution in [0.1, 0.15) is 72.6 Å². The number of aliphatic hydroxyl groups is 4. The van der Waals surface area contributed by atoms with Gasteiger partial charge < -0.3 is 20.4 Å². The third kappa shape index (κ3) is 4.64. The number of allylic oxidation sites excluding steroid dienone is 1. The van der Waals surface area contributed by atoms with Crippen molar-refractivity contribution in [3.8, 4) is 0 Å². The van der Waals surface area contributed by atoms with Gasteiger partial charge in [-0.15, -0.1) is 0 Å². The Labute approximate surface area is 209 Å². The molecule has 0 heterocycles. The molecule has 4 saturated carbocycles. The Bertz CT molecular complexity index is 922. The van der Waals surface area contributed by atoms with Crippen LogP contribution in [0.25, 0.3) is 0 Å². The summed E-state index contributed by atoms with van der Waals surface area (Å²) in [6.07, 6.45) is 6.47. The van der Waals surface area contributed by atoms with Crippen LogP contribution in [0.15, 0.2) is 12.2 Å². The normalized spacial score (nSPS) is 49.8. The van der Waals surface area contributed by atoms with E-state index in [1.165, 1.54) is 0 Å². The lowest BCUT2D eigenvalue weighted by Gasteiger charge is -2.65. The molecule has 8 nitrogen and oxygen atoms in total. The molecule has 0 amide bonds. The predicted molar refractivity (Wildman–Crippen MR) is 130 cm³/mol. The van der Waals surface area contributed by atoms with E-state index in [1.807, 2.05) is 13.0 Å². The standard InChI is InChI=1S/C26H44O8S/c1-15(14-34-35(31,32)33)5-6-16(2)20-12-21(28)23-18-11-22(29)26(30)13-17(27)7-10-25(26,4)19(18)8-9-24(20,23)3/h5-6,15-23,27-30H,7-14H2,1-4H3,(H,31,32,33)/b6-5+/t15?,16-,17+,18?,19?,20-,21?,22-,23?,24-,25-,26+/m1/s1. The molecule has 4 rings (SSSR count). The Balaban J connectivity index is 1.53. The van der Waals surface area contributed by atoms with Gasteiger partial charge in [-0.25, -0.2) is 4.18 Å². The highest BCUT2D eigenvalue weighted by atomic mass is 32.3. The van der Waals surface area contributed by atoms with Crippen LogP contribution in [0.5, 0.6) is 0 Å². The summed E-state index contributed by atoms with van der Waals surface area (Å²) in [5.74, 6) is 0.521. The zero-order chi connectivity index (χ0) is 26.0. The minimum atomic E-state index is -4.46. The highest BCUT2D eigenvalue weighted by Crippen LogP contribution is 2.69. The van der Waals surface area contributed by atoms with Gasteiger partial charge in [0.15, 0.2) is 0 Å². The van der Waals surface area contributed by atoms with Gasteiger partial charge >= 0.3 is 10.4 Å². The minimum absolute atomic E-state index is 0.0327. The second-order valence-electron chi connectivity index (χ2n) is 12.7. The average Bonchev–Trinajstić information content (AvgIpc) is 3.03. The van der Waals surface area contributed by atoms with Crippen LogP contribution in [-0.2, 0) is 14.6 Å². The lowest BCUT2D eigenvalue weighted by atomic mass is 9.42. The molecular formula is C26H44O8S. The van der Waals surface area contributed by atoms with Crippen molar-refractivity contribution in [2.45, 2.75) is 96.6 Å². The molecule has 0 aliphatic heterocycles. The van der Waals surface area contributed by atoms with Crippen molar-refractivity contribution in [2.75, 3.05) is 6.61 Å².